The minimum atomic E-state index is 0.720. The number of nitrogens with one attached hydrogen (secondary N) is 1. The molecule has 1 aliphatic carbocycles. The van der Waals surface area contributed by atoms with Gasteiger partial charge in [-0.2, -0.15) is 0 Å². The van der Waals surface area contributed by atoms with Crippen LogP contribution in [-0.2, 0) is 6.42 Å². The van der Waals surface area contributed by atoms with Crippen LogP contribution in [0.3, 0.4) is 0 Å². The second kappa shape index (κ2) is 4.00. The molecule has 1 saturated carbocycles. The lowest BCUT2D eigenvalue weighted by molar-refractivity contribution is 0.755. The summed E-state index contributed by atoms with van der Waals surface area (Å²) in [5.74, 6) is 0. The van der Waals surface area contributed by atoms with Gasteiger partial charge in [0, 0.05) is 31.0 Å². The highest BCUT2D eigenvalue weighted by atomic mass is 15.1. The predicted octanol–water partition coefficient (Wildman–Crippen LogP) is 3.03. The molecular weight excluding hydrogens is 196 g/mol. The summed E-state index contributed by atoms with van der Waals surface area (Å²) in [5, 5.41) is 3.67. The molecule has 0 radical (unpaired) electrons. The highest BCUT2D eigenvalue weighted by molar-refractivity contribution is 5.63. The first-order valence-corrected chi connectivity index (χ1v) is 6.43. The van der Waals surface area contributed by atoms with Gasteiger partial charge in [-0.3, -0.25) is 0 Å². The van der Waals surface area contributed by atoms with Gasteiger partial charge in [0.25, 0.3) is 0 Å². The van der Waals surface area contributed by atoms with Gasteiger partial charge in [-0.15, -0.1) is 0 Å². The fraction of sp³-hybridized carbons (Fsp3) is 0.571. The average molecular weight is 216 g/mol. The molecule has 2 aliphatic rings. The van der Waals surface area contributed by atoms with Crippen LogP contribution < -0.4 is 10.2 Å². The zero-order valence-electron chi connectivity index (χ0n) is 10.00. The van der Waals surface area contributed by atoms with Gasteiger partial charge in [0.15, 0.2) is 0 Å². The van der Waals surface area contributed by atoms with Crippen LogP contribution in [-0.4, -0.2) is 19.6 Å². The summed E-state index contributed by atoms with van der Waals surface area (Å²) < 4.78 is 0. The molecule has 1 aromatic carbocycles. The van der Waals surface area contributed by atoms with E-state index in [0.29, 0.717) is 0 Å². The van der Waals surface area contributed by atoms with Crippen molar-refractivity contribution in [2.75, 3.05) is 23.8 Å². The molecule has 0 aromatic heterocycles. The molecule has 0 spiro atoms. The molecule has 0 amide bonds. The number of hydrogen-bond acceptors (Lipinski definition) is 2. The molecule has 1 heterocycles. The van der Waals surface area contributed by atoms with Gasteiger partial charge in [-0.05, 0) is 43.0 Å². The summed E-state index contributed by atoms with van der Waals surface area (Å²) in [6, 6.07) is 7.56. The maximum absolute atomic E-state index is 3.67. The highest BCUT2D eigenvalue weighted by Gasteiger charge is 2.18. The minimum absolute atomic E-state index is 0.720. The molecular formula is C14H20N2. The Labute approximate surface area is 97.6 Å². The zero-order chi connectivity index (χ0) is 11.0. The van der Waals surface area contributed by atoms with Gasteiger partial charge < -0.3 is 10.2 Å². The Hall–Kier alpha value is -1.18. The van der Waals surface area contributed by atoms with Crippen LogP contribution in [0.4, 0.5) is 11.4 Å². The third-order valence-electron chi connectivity index (χ3n) is 3.93. The van der Waals surface area contributed by atoms with E-state index in [4.69, 9.17) is 0 Å². The largest absolute Gasteiger partial charge is 0.382 e. The Kier molecular flexibility index (Phi) is 2.50. The molecule has 16 heavy (non-hydrogen) atoms. The van der Waals surface area contributed by atoms with Gasteiger partial charge in [-0.1, -0.05) is 12.8 Å². The highest BCUT2D eigenvalue weighted by Crippen LogP contribution is 2.30. The number of likely N-dealkylation sites (N-methyl/N-ethyl adjacent to an activating group) is 1. The molecule has 0 saturated heterocycles. The maximum atomic E-state index is 3.67. The van der Waals surface area contributed by atoms with E-state index < -0.39 is 0 Å². The van der Waals surface area contributed by atoms with Crippen LogP contribution >= 0.6 is 0 Å². The monoisotopic (exact) mass is 216 g/mol. The van der Waals surface area contributed by atoms with Gasteiger partial charge in [0.2, 0.25) is 0 Å². The van der Waals surface area contributed by atoms with E-state index in [2.05, 4.69) is 35.5 Å². The second-order valence-electron chi connectivity index (χ2n) is 5.14. The third kappa shape index (κ3) is 1.77. The summed E-state index contributed by atoms with van der Waals surface area (Å²) in [4.78, 5) is 2.34. The number of fused-ring (bicyclic) bond motifs is 1. The Morgan fingerprint density at radius 1 is 1.25 bits per heavy atom. The molecule has 0 atom stereocenters. The molecule has 0 bridgehead atoms. The van der Waals surface area contributed by atoms with Crippen LogP contribution in [0.1, 0.15) is 31.2 Å². The van der Waals surface area contributed by atoms with E-state index in [1.807, 2.05) is 0 Å². The van der Waals surface area contributed by atoms with Crippen molar-refractivity contribution in [2.24, 2.45) is 0 Å². The Morgan fingerprint density at radius 2 is 2.06 bits per heavy atom. The Morgan fingerprint density at radius 3 is 2.88 bits per heavy atom. The quantitative estimate of drug-likeness (QED) is 0.817. The maximum Gasteiger partial charge on any atom is 0.0398 e. The molecule has 1 aromatic rings. The van der Waals surface area contributed by atoms with Crippen molar-refractivity contribution in [3.8, 4) is 0 Å². The topological polar surface area (TPSA) is 15.3 Å². The van der Waals surface area contributed by atoms with Gasteiger partial charge in [0.05, 0.1) is 0 Å². The molecule has 1 aliphatic heterocycles. The summed E-state index contributed by atoms with van der Waals surface area (Å²) in [6.45, 7) is 1.17. The van der Waals surface area contributed by atoms with Crippen molar-refractivity contribution in [3.63, 3.8) is 0 Å². The normalized spacial score (nSPS) is 20.2. The zero-order valence-corrected chi connectivity index (χ0v) is 10.00. The van der Waals surface area contributed by atoms with Gasteiger partial charge in [-0.25, -0.2) is 0 Å². The van der Waals surface area contributed by atoms with E-state index in [0.717, 1.165) is 6.04 Å². The molecule has 2 nitrogen and oxygen atoms in total. The first-order chi connectivity index (χ1) is 7.83. The van der Waals surface area contributed by atoms with Crippen LogP contribution in [0.2, 0.25) is 0 Å². The third-order valence-corrected chi connectivity index (χ3v) is 3.93. The number of nitrogens with zero attached hydrogens (tertiary/aromatic N) is 1. The molecule has 2 heteroatoms. The number of benzene rings is 1. The first kappa shape index (κ1) is 10.0. The predicted molar refractivity (Wildman–Crippen MR) is 69.3 cm³/mol. The van der Waals surface area contributed by atoms with E-state index in [-0.39, 0.29) is 0 Å². The van der Waals surface area contributed by atoms with Crippen LogP contribution in [0, 0.1) is 0 Å². The smallest absolute Gasteiger partial charge is 0.0398 e. The lowest BCUT2D eigenvalue weighted by Crippen LogP contribution is -2.14. The van der Waals surface area contributed by atoms with Crippen LogP contribution in [0.15, 0.2) is 18.2 Å². The standard InChI is InChI=1S/C14H20N2/c1-16-9-8-11-10-13(6-7-14(11)16)15-12-4-2-3-5-12/h6-7,10,12,15H,2-5,8-9H2,1H3. The fourth-order valence-electron chi connectivity index (χ4n) is 2.96. The second-order valence-corrected chi connectivity index (χ2v) is 5.14. The summed E-state index contributed by atoms with van der Waals surface area (Å²) in [7, 11) is 2.18. The molecule has 3 rings (SSSR count). The summed E-state index contributed by atoms with van der Waals surface area (Å²) >= 11 is 0. The van der Waals surface area contributed by atoms with Gasteiger partial charge in [0.1, 0.15) is 0 Å². The van der Waals surface area contributed by atoms with E-state index in [9.17, 15) is 0 Å². The fourth-order valence-corrected chi connectivity index (χ4v) is 2.96. The van der Waals surface area contributed by atoms with E-state index in [1.54, 1.807) is 0 Å². The summed E-state index contributed by atoms with van der Waals surface area (Å²) in [6.07, 6.45) is 6.68. The first-order valence-electron chi connectivity index (χ1n) is 6.43. The summed E-state index contributed by atoms with van der Waals surface area (Å²) in [5.41, 5.74) is 4.24. The Balaban J connectivity index is 1.76. The van der Waals surface area contributed by atoms with Crippen molar-refractivity contribution < 1.29 is 0 Å². The minimum Gasteiger partial charge on any atom is -0.382 e. The van der Waals surface area contributed by atoms with Crippen LogP contribution in [0.5, 0.6) is 0 Å². The SMILES string of the molecule is CN1CCc2cc(NC3CCCC3)ccc21. The van der Waals surface area contributed by atoms with Crippen molar-refractivity contribution in [3.05, 3.63) is 23.8 Å². The Bertz CT molecular complexity index is 380. The van der Waals surface area contributed by atoms with E-state index >= 15 is 0 Å². The lowest BCUT2D eigenvalue weighted by Gasteiger charge is -2.16. The lowest BCUT2D eigenvalue weighted by atomic mass is 10.1. The molecule has 1 fully saturated rings. The van der Waals surface area contributed by atoms with Crippen molar-refractivity contribution >= 4 is 11.4 Å². The molecule has 86 valence electrons. The van der Waals surface area contributed by atoms with Gasteiger partial charge >= 0.3 is 0 Å². The average Bonchev–Trinajstić information content (AvgIpc) is 2.90. The van der Waals surface area contributed by atoms with Crippen molar-refractivity contribution in [1.82, 2.24) is 0 Å². The van der Waals surface area contributed by atoms with E-state index in [1.165, 1.54) is 55.6 Å². The molecule has 0 unspecified atom stereocenters. The number of anilines is 2. The van der Waals surface area contributed by atoms with Crippen molar-refractivity contribution in [2.45, 2.75) is 38.1 Å². The number of rotatable bonds is 2. The van der Waals surface area contributed by atoms with Crippen LogP contribution in [0.25, 0.3) is 0 Å². The van der Waals surface area contributed by atoms with Crippen molar-refractivity contribution in [1.29, 1.82) is 0 Å². The number of hydrogen-bond donors (Lipinski definition) is 1. The molecule has 1 N–H and O–H groups in total.